The molecule has 0 aliphatic heterocycles. The van der Waals surface area contributed by atoms with Crippen molar-refractivity contribution in [2.45, 2.75) is 6.92 Å². The predicted molar refractivity (Wildman–Crippen MR) is 125 cm³/mol. The number of nitrogens with zero attached hydrogens (tertiary/aromatic N) is 2. The highest BCUT2D eigenvalue weighted by atomic mass is 79.9. The standard InChI is InChI=1S/C23H15BrN2OS2/c1-14-22(15-8-10-16(24)11-9-15)26-23(29-14)25-18-13-20(21-7-4-12-28-21)27-19-6-3-2-5-17(18)19/h2-13H,1H3. The first kappa shape index (κ1) is 18.5. The second kappa shape index (κ2) is 7.71. The van der Waals surface area contributed by atoms with Crippen molar-refractivity contribution in [2.75, 3.05) is 0 Å². The lowest BCUT2D eigenvalue weighted by molar-refractivity contribution is 0.620. The summed E-state index contributed by atoms with van der Waals surface area (Å²) in [7, 11) is 0. The van der Waals surface area contributed by atoms with Crippen LogP contribution in [-0.2, 0) is 0 Å². The third-order valence-electron chi connectivity index (χ3n) is 4.53. The number of thiazole rings is 1. The van der Waals surface area contributed by atoms with Crippen molar-refractivity contribution in [3.05, 3.63) is 86.8 Å². The van der Waals surface area contributed by atoms with Gasteiger partial charge in [0.05, 0.1) is 15.9 Å². The first-order chi connectivity index (χ1) is 14.2. The molecule has 5 rings (SSSR count). The second-order valence-corrected chi connectivity index (χ2v) is 9.53. The van der Waals surface area contributed by atoms with Crippen molar-refractivity contribution in [2.24, 2.45) is 4.99 Å². The number of fused-ring (bicyclic) bond motifs is 1. The summed E-state index contributed by atoms with van der Waals surface area (Å²) < 4.78 is 7.18. The van der Waals surface area contributed by atoms with Crippen molar-refractivity contribution in [3.63, 3.8) is 0 Å². The Labute approximate surface area is 184 Å². The van der Waals surface area contributed by atoms with Crippen LogP contribution in [0.15, 0.2) is 86.0 Å². The number of hydrogen-bond donors (Lipinski definition) is 0. The minimum Gasteiger partial charge on any atom is -0.455 e. The van der Waals surface area contributed by atoms with E-state index in [-0.39, 0.29) is 0 Å². The largest absolute Gasteiger partial charge is 0.455 e. The topological polar surface area (TPSA) is 38.4 Å². The van der Waals surface area contributed by atoms with Gasteiger partial charge in [-0.15, -0.1) is 11.3 Å². The minimum atomic E-state index is 0.744. The summed E-state index contributed by atoms with van der Waals surface area (Å²) in [5, 5.41) is 4.64. The lowest BCUT2D eigenvalue weighted by Gasteiger charge is -2.02. The smallest absolute Gasteiger partial charge is 0.210 e. The fourth-order valence-electron chi connectivity index (χ4n) is 3.16. The normalized spacial score (nSPS) is 12.0. The molecule has 0 aliphatic carbocycles. The molecule has 0 fully saturated rings. The first-order valence-electron chi connectivity index (χ1n) is 9.02. The third kappa shape index (κ3) is 3.71. The molecule has 0 saturated carbocycles. The van der Waals surface area contributed by atoms with E-state index in [1.165, 1.54) is 0 Å². The van der Waals surface area contributed by atoms with Gasteiger partial charge in [-0.2, -0.15) is 0 Å². The maximum Gasteiger partial charge on any atom is 0.210 e. The Balaban J connectivity index is 1.67. The summed E-state index contributed by atoms with van der Waals surface area (Å²) in [5.74, 6) is 0.818. The molecule has 0 atom stereocenters. The van der Waals surface area contributed by atoms with Crippen molar-refractivity contribution in [3.8, 4) is 21.9 Å². The Bertz CT molecular complexity index is 1370. The van der Waals surface area contributed by atoms with Crippen molar-refractivity contribution in [1.82, 2.24) is 4.98 Å². The lowest BCUT2D eigenvalue weighted by atomic mass is 10.1. The average molecular weight is 479 g/mol. The molecule has 142 valence electrons. The van der Waals surface area contributed by atoms with Gasteiger partial charge in [-0.25, -0.2) is 9.98 Å². The molecular weight excluding hydrogens is 464 g/mol. The Kier molecular flexibility index (Phi) is 4.91. The van der Waals surface area contributed by atoms with Crippen LogP contribution in [0.25, 0.3) is 32.9 Å². The maximum absolute atomic E-state index is 6.12. The van der Waals surface area contributed by atoms with E-state index in [9.17, 15) is 0 Å². The maximum atomic E-state index is 6.12. The third-order valence-corrected chi connectivity index (χ3v) is 6.81. The Morgan fingerprint density at radius 1 is 1.00 bits per heavy atom. The molecule has 0 spiro atoms. The van der Waals surface area contributed by atoms with Gasteiger partial charge < -0.3 is 4.42 Å². The number of benzene rings is 2. The highest BCUT2D eigenvalue weighted by molar-refractivity contribution is 9.10. The monoisotopic (exact) mass is 478 g/mol. The van der Waals surface area contributed by atoms with E-state index in [0.29, 0.717) is 0 Å². The van der Waals surface area contributed by atoms with E-state index in [2.05, 4.69) is 41.1 Å². The van der Waals surface area contributed by atoms with Gasteiger partial charge in [0.15, 0.2) is 0 Å². The van der Waals surface area contributed by atoms with Crippen molar-refractivity contribution in [1.29, 1.82) is 0 Å². The summed E-state index contributed by atoms with van der Waals surface area (Å²) in [5.41, 5.74) is 2.89. The zero-order valence-electron chi connectivity index (χ0n) is 15.4. The molecule has 3 aromatic heterocycles. The van der Waals surface area contributed by atoms with E-state index in [4.69, 9.17) is 14.4 Å². The Hall–Kier alpha value is -2.54. The Morgan fingerprint density at radius 2 is 1.83 bits per heavy atom. The molecule has 0 aliphatic rings. The molecule has 29 heavy (non-hydrogen) atoms. The van der Waals surface area contributed by atoms with Crippen LogP contribution in [0.3, 0.4) is 0 Å². The van der Waals surface area contributed by atoms with Gasteiger partial charge in [0, 0.05) is 26.4 Å². The van der Waals surface area contributed by atoms with E-state index >= 15 is 0 Å². The van der Waals surface area contributed by atoms with Gasteiger partial charge in [-0.05, 0) is 42.6 Å². The van der Waals surface area contributed by atoms with Crippen LogP contribution < -0.4 is 5.36 Å². The summed E-state index contributed by atoms with van der Waals surface area (Å²) in [4.78, 5) is 11.9. The summed E-state index contributed by atoms with van der Waals surface area (Å²) in [6.45, 7) is 2.09. The highest BCUT2D eigenvalue weighted by Crippen LogP contribution is 2.33. The fraction of sp³-hybridized carbons (Fsp3) is 0.0435. The van der Waals surface area contributed by atoms with E-state index in [0.717, 1.165) is 52.7 Å². The van der Waals surface area contributed by atoms with Crippen LogP contribution in [0, 0.1) is 6.92 Å². The van der Waals surface area contributed by atoms with Crippen LogP contribution in [0.4, 0.5) is 5.13 Å². The summed E-state index contributed by atoms with van der Waals surface area (Å²) in [6, 6.07) is 22.3. The van der Waals surface area contributed by atoms with Gasteiger partial charge in [-0.3, -0.25) is 0 Å². The molecule has 5 aromatic rings. The van der Waals surface area contributed by atoms with E-state index in [1.54, 1.807) is 22.7 Å². The van der Waals surface area contributed by atoms with Crippen LogP contribution in [0.5, 0.6) is 0 Å². The number of aryl methyl sites for hydroxylation is 1. The van der Waals surface area contributed by atoms with Crippen LogP contribution >= 0.6 is 38.6 Å². The number of aromatic nitrogens is 1. The molecule has 0 N–H and O–H groups in total. The minimum absolute atomic E-state index is 0.744. The average Bonchev–Trinajstić information content (AvgIpc) is 3.39. The molecule has 3 nitrogen and oxygen atoms in total. The van der Waals surface area contributed by atoms with Crippen LogP contribution in [0.2, 0.25) is 0 Å². The number of thiophene rings is 1. The molecule has 0 amide bonds. The first-order valence-corrected chi connectivity index (χ1v) is 11.5. The predicted octanol–water partition coefficient (Wildman–Crippen LogP) is 7.59. The molecule has 6 heteroatoms. The molecule has 0 radical (unpaired) electrons. The molecule has 3 heterocycles. The van der Waals surface area contributed by atoms with Gasteiger partial charge in [0.25, 0.3) is 0 Å². The molecule has 0 saturated heterocycles. The fourth-order valence-corrected chi connectivity index (χ4v) is 4.92. The molecular formula is C23H15BrN2OS2. The molecule has 2 aromatic carbocycles. The molecule has 0 bridgehead atoms. The Morgan fingerprint density at radius 3 is 2.62 bits per heavy atom. The summed E-state index contributed by atoms with van der Waals surface area (Å²) in [6.07, 6.45) is 0. The van der Waals surface area contributed by atoms with Crippen LogP contribution in [-0.4, -0.2) is 4.98 Å². The number of halogens is 1. The molecule has 0 unspecified atom stereocenters. The van der Waals surface area contributed by atoms with Gasteiger partial charge in [-0.1, -0.05) is 57.6 Å². The van der Waals surface area contributed by atoms with Crippen molar-refractivity contribution >= 4 is 54.7 Å². The van der Waals surface area contributed by atoms with Gasteiger partial charge >= 0.3 is 0 Å². The summed E-state index contributed by atoms with van der Waals surface area (Å²) >= 11 is 6.74. The quantitative estimate of drug-likeness (QED) is 0.267. The van der Waals surface area contributed by atoms with Gasteiger partial charge in [0.2, 0.25) is 5.13 Å². The second-order valence-electron chi connectivity index (χ2n) is 6.49. The SMILES string of the molecule is Cc1sc(N=c2cc(-c3cccs3)oc3ccccc23)nc1-c1ccc(Br)cc1. The number of hydrogen-bond acceptors (Lipinski definition) is 5. The number of rotatable bonds is 3. The van der Waals surface area contributed by atoms with E-state index < -0.39 is 0 Å². The lowest BCUT2D eigenvalue weighted by Crippen LogP contribution is -2.02. The zero-order valence-corrected chi connectivity index (χ0v) is 18.6. The van der Waals surface area contributed by atoms with E-state index in [1.807, 2.05) is 53.9 Å². The number of para-hydroxylation sites is 1. The zero-order chi connectivity index (χ0) is 19.8. The van der Waals surface area contributed by atoms with Crippen LogP contribution in [0.1, 0.15) is 4.88 Å². The highest BCUT2D eigenvalue weighted by Gasteiger charge is 2.11. The van der Waals surface area contributed by atoms with Gasteiger partial charge in [0.1, 0.15) is 11.3 Å². The van der Waals surface area contributed by atoms with Crippen molar-refractivity contribution < 1.29 is 4.42 Å².